The minimum absolute atomic E-state index is 0.399. The normalized spacial score (nSPS) is 10.5. The van der Waals surface area contributed by atoms with Gasteiger partial charge in [-0.05, 0) is 48.4 Å². The van der Waals surface area contributed by atoms with Crippen molar-refractivity contribution in [2.24, 2.45) is 0 Å². The zero-order valence-electron chi connectivity index (χ0n) is 14.1. The first-order valence-corrected chi connectivity index (χ1v) is 7.67. The van der Waals surface area contributed by atoms with Gasteiger partial charge in [0.25, 0.3) is 0 Å². The van der Waals surface area contributed by atoms with Gasteiger partial charge in [0.05, 0.1) is 0 Å². The maximum atomic E-state index is 9.46. The van der Waals surface area contributed by atoms with E-state index in [0.717, 1.165) is 11.1 Å². The molecule has 0 aliphatic rings. The maximum absolute atomic E-state index is 9.46. The summed E-state index contributed by atoms with van der Waals surface area (Å²) in [7, 11) is 0. The molecule has 2 rings (SSSR count). The minimum Gasteiger partial charge on any atom is -0.508 e. The van der Waals surface area contributed by atoms with Gasteiger partial charge in [0, 0.05) is 0 Å². The summed E-state index contributed by atoms with van der Waals surface area (Å²) in [5.41, 5.74) is 4.89. The van der Waals surface area contributed by atoms with Crippen LogP contribution in [0.25, 0.3) is 0 Å². The smallest absolute Gasteiger partial charge is 0.119 e. The summed E-state index contributed by atoms with van der Waals surface area (Å²) < 4.78 is 0. The van der Waals surface area contributed by atoms with Gasteiger partial charge in [0.1, 0.15) is 5.75 Å². The van der Waals surface area contributed by atoms with Crippen molar-refractivity contribution in [1.82, 2.24) is 0 Å². The largest absolute Gasteiger partial charge is 0.508 e. The highest BCUT2D eigenvalue weighted by molar-refractivity contribution is 5.37. The molecule has 0 radical (unpaired) electrons. The quantitative estimate of drug-likeness (QED) is 0.723. The van der Waals surface area contributed by atoms with Gasteiger partial charge in [-0.3, -0.25) is 0 Å². The van der Waals surface area contributed by atoms with E-state index in [0.29, 0.717) is 17.6 Å². The molecule has 0 spiro atoms. The summed E-state index contributed by atoms with van der Waals surface area (Å²) in [6.07, 6.45) is 0. The Kier molecular flexibility index (Phi) is 6.48. The van der Waals surface area contributed by atoms with Gasteiger partial charge in [-0.15, -0.1) is 0 Å². The Labute approximate surface area is 129 Å². The van der Waals surface area contributed by atoms with E-state index >= 15 is 0 Å². The Hall–Kier alpha value is -1.76. The standard InChI is InChI=1S/C10H14O.C10H14/c1-7(2)9-5-4-8(3)6-10(9)11;1-8(2)10-6-4-9(3)5-7-10/h4-7,11H,1-3H3;4-8H,1-3H3. The van der Waals surface area contributed by atoms with Gasteiger partial charge in [-0.1, -0.05) is 69.7 Å². The average Bonchev–Trinajstić information content (AvgIpc) is 2.39. The lowest BCUT2D eigenvalue weighted by Crippen LogP contribution is -1.87. The summed E-state index contributed by atoms with van der Waals surface area (Å²) in [6, 6.07) is 14.5. The van der Waals surface area contributed by atoms with Crippen LogP contribution in [0.15, 0.2) is 42.5 Å². The van der Waals surface area contributed by atoms with Crippen LogP contribution in [0, 0.1) is 13.8 Å². The molecule has 1 N–H and O–H groups in total. The number of hydrogen-bond donors (Lipinski definition) is 1. The third-order valence-corrected chi connectivity index (χ3v) is 3.55. The highest BCUT2D eigenvalue weighted by Crippen LogP contribution is 2.25. The molecule has 0 unspecified atom stereocenters. The summed E-state index contributed by atoms with van der Waals surface area (Å²) in [6.45, 7) is 12.7. The third kappa shape index (κ3) is 5.63. The predicted molar refractivity (Wildman–Crippen MR) is 92.2 cm³/mol. The molecule has 21 heavy (non-hydrogen) atoms. The van der Waals surface area contributed by atoms with E-state index in [-0.39, 0.29) is 0 Å². The van der Waals surface area contributed by atoms with E-state index < -0.39 is 0 Å². The van der Waals surface area contributed by atoms with Crippen LogP contribution in [0.4, 0.5) is 0 Å². The molecule has 2 aromatic rings. The predicted octanol–water partition coefficient (Wildman–Crippen LogP) is 5.94. The molecule has 0 saturated carbocycles. The van der Waals surface area contributed by atoms with Gasteiger partial charge in [0.2, 0.25) is 0 Å². The number of phenols is 1. The highest BCUT2D eigenvalue weighted by Gasteiger charge is 2.03. The molecule has 0 heterocycles. The Morgan fingerprint density at radius 1 is 0.714 bits per heavy atom. The van der Waals surface area contributed by atoms with E-state index in [1.165, 1.54) is 11.1 Å². The number of hydrogen-bond acceptors (Lipinski definition) is 1. The molecule has 0 aliphatic carbocycles. The Balaban J connectivity index is 0.000000211. The molecule has 0 aliphatic heterocycles. The second-order valence-corrected chi connectivity index (χ2v) is 6.28. The van der Waals surface area contributed by atoms with E-state index in [2.05, 4.69) is 58.9 Å². The number of phenolic OH excluding ortho intramolecular Hbond substituents is 1. The fraction of sp³-hybridized carbons (Fsp3) is 0.400. The van der Waals surface area contributed by atoms with Crippen molar-refractivity contribution in [2.45, 2.75) is 53.4 Å². The monoisotopic (exact) mass is 284 g/mol. The van der Waals surface area contributed by atoms with Gasteiger partial charge in [0.15, 0.2) is 0 Å². The molecule has 0 fully saturated rings. The molecule has 0 atom stereocenters. The first-order chi connectivity index (χ1) is 9.81. The van der Waals surface area contributed by atoms with Gasteiger partial charge < -0.3 is 5.11 Å². The highest BCUT2D eigenvalue weighted by atomic mass is 16.3. The molecule has 0 amide bonds. The van der Waals surface area contributed by atoms with Crippen molar-refractivity contribution in [3.63, 3.8) is 0 Å². The van der Waals surface area contributed by atoms with Crippen LogP contribution in [-0.2, 0) is 0 Å². The summed E-state index contributed by atoms with van der Waals surface area (Å²) in [5, 5.41) is 9.46. The molecule has 2 aromatic carbocycles. The summed E-state index contributed by atoms with van der Waals surface area (Å²) >= 11 is 0. The topological polar surface area (TPSA) is 20.2 Å². The molecule has 114 valence electrons. The number of aromatic hydroxyl groups is 1. The van der Waals surface area contributed by atoms with Crippen LogP contribution in [0.1, 0.15) is 61.8 Å². The van der Waals surface area contributed by atoms with Crippen LogP contribution in [0.3, 0.4) is 0 Å². The number of aryl methyl sites for hydroxylation is 2. The molecule has 1 nitrogen and oxygen atoms in total. The fourth-order valence-corrected chi connectivity index (χ4v) is 2.09. The Morgan fingerprint density at radius 3 is 1.67 bits per heavy atom. The SMILES string of the molecule is Cc1ccc(C(C)C)c(O)c1.Cc1ccc(C(C)C)cc1. The second kappa shape index (κ2) is 7.87. The maximum Gasteiger partial charge on any atom is 0.119 e. The van der Waals surface area contributed by atoms with Crippen LogP contribution < -0.4 is 0 Å². The molecule has 0 bridgehead atoms. The van der Waals surface area contributed by atoms with Crippen molar-refractivity contribution < 1.29 is 5.11 Å². The van der Waals surface area contributed by atoms with E-state index in [1.54, 1.807) is 6.07 Å². The van der Waals surface area contributed by atoms with E-state index in [4.69, 9.17) is 0 Å². The van der Waals surface area contributed by atoms with Crippen molar-refractivity contribution >= 4 is 0 Å². The van der Waals surface area contributed by atoms with Gasteiger partial charge in [-0.25, -0.2) is 0 Å². The van der Waals surface area contributed by atoms with Crippen molar-refractivity contribution in [3.8, 4) is 5.75 Å². The number of benzene rings is 2. The van der Waals surface area contributed by atoms with Crippen molar-refractivity contribution in [2.75, 3.05) is 0 Å². The lowest BCUT2D eigenvalue weighted by atomic mass is 10.0. The average molecular weight is 284 g/mol. The van der Waals surface area contributed by atoms with Gasteiger partial charge >= 0.3 is 0 Å². The zero-order valence-corrected chi connectivity index (χ0v) is 14.1. The Morgan fingerprint density at radius 2 is 1.24 bits per heavy atom. The molecule has 1 heteroatoms. The van der Waals surface area contributed by atoms with E-state index in [9.17, 15) is 5.11 Å². The molecule has 0 aromatic heterocycles. The summed E-state index contributed by atoms with van der Waals surface area (Å²) in [5.74, 6) is 1.47. The lowest BCUT2D eigenvalue weighted by molar-refractivity contribution is 0.464. The van der Waals surface area contributed by atoms with Crippen molar-refractivity contribution in [1.29, 1.82) is 0 Å². The van der Waals surface area contributed by atoms with Crippen LogP contribution >= 0.6 is 0 Å². The Bertz CT molecular complexity index is 551. The van der Waals surface area contributed by atoms with Crippen LogP contribution in [0.2, 0.25) is 0 Å². The first-order valence-electron chi connectivity index (χ1n) is 7.67. The molecular weight excluding hydrogens is 256 g/mol. The molecular formula is C20H28O. The second-order valence-electron chi connectivity index (χ2n) is 6.28. The lowest BCUT2D eigenvalue weighted by Gasteiger charge is -2.07. The van der Waals surface area contributed by atoms with Crippen LogP contribution in [-0.4, -0.2) is 5.11 Å². The number of rotatable bonds is 2. The van der Waals surface area contributed by atoms with Crippen molar-refractivity contribution in [3.05, 3.63) is 64.7 Å². The van der Waals surface area contributed by atoms with Gasteiger partial charge in [-0.2, -0.15) is 0 Å². The van der Waals surface area contributed by atoms with Crippen LogP contribution in [0.5, 0.6) is 5.75 Å². The first kappa shape index (κ1) is 17.3. The zero-order chi connectivity index (χ0) is 16.0. The third-order valence-electron chi connectivity index (χ3n) is 3.55. The fourth-order valence-electron chi connectivity index (χ4n) is 2.09. The minimum atomic E-state index is 0.399. The summed E-state index contributed by atoms with van der Waals surface area (Å²) in [4.78, 5) is 0. The van der Waals surface area contributed by atoms with E-state index in [1.807, 2.05) is 19.1 Å². The molecule has 0 saturated heterocycles.